The van der Waals surface area contributed by atoms with E-state index in [-0.39, 0.29) is 24.9 Å². The molecule has 0 spiro atoms. The lowest BCUT2D eigenvalue weighted by atomic mass is 10.1. The highest BCUT2D eigenvalue weighted by atomic mass is 16.2. The van der Waals surface area contributed by atoms with Gasteiger partial charge in [0, 0.05) is 30.9 Å². The average molecular weight is 383 g/mol. The molecule has 3 amide bonds. The highest BCUT2D eigenvalue weighted by Gasteiger charge is 2.05. The van der Waals surface area contributed by atoms with Crippen LogP contribution >= 0.6 is 0 Å². The van der Waals surface area contributed by atoms with Gasteiger partial charge in [0.1, 0.15) is 0 Å². The van der Waals surface area contributed by atoms with Gasteiger partial charge in [0.05, 0.1) is 0 Å². The number of carbonyl (C=O) groups excluding carboxylic acids is 2. The molecule has 2 rings (SSSR count). The number of nitrogens with zero attached hydrogens (tertiary/aromatic N) is 1. The van der Waals surface area contributed by atoms with Crippen LogP contribution in [0.5, 0.6) is 0 Å². The normalized spacial score (nSPS) is 10.5. The molecule has 0 aromatic heterocycles. The van der Waals surface area contributed by atoms with Gasteiger partial charge in [-0.2, -0.15) is 0 Å². The molecule has 0 bridgehead atoms. The first kappa shape index (κ1) is 21.4. The Morgan fingerprint density at radius 3 is 2.14 bits per heavy atom. The molecule has 0 unspecified atom stereocenters. The minimum atomic E-state index is -0.316. The summed E-state index contributed by atoms with van der Waals surface area (Å²) in [5.41, 5.74) is 2.73. The highest BCUT2D eigenvalue weighted by Crippen LogP contribution is 2.10. The number of anilines is 2. The fourth-order valence-corrected chi connectivity index (χ4v) is 2.79. The number of urea groups is 1. The van der Waals surface area contributed by atoms with E-state index in [9.17, 15) is 9.59 Å². The second-order valence-corrected chi connectivity index (χ2v) is 6.52. The zero-order valence-electron chi connectivity index (χ0n) is 16.7. The maximum absolute atomic E-state index is 12.0. The van der Waals surface area contributed by atoms with Crippen LogP contribution in [0.25, 0.3) is 0 Å². The number of likely N-dealkylation sites (N-methyl/N-ethyl adjacent to an activating group) is 1. The number of nitrogens with one attached hydrogen (secondary N) is 3. The van der Waals surface area contributed by atoms with Gasteiger partial charge in [-0.1, -0.05) is 44.2 Å². The molecule has 0 fully saturated rings. The van der Waals surface area contributed by atoms with E-state index in [0.29, 0.717) is 0 Å². The number of rotatable bonds is 10. The maximum atomic E-state index is 12.0. The number of hydrogen-bond acceptors (Lipinski definition) is 3. The highest BCUT2D eigenvalue weighted by molar-refractivity contribution is 5.92. The summed E-state index contributed by atoms with van der Waals surface area (Å²) in [5.74, 6) is -0.135. The van der Waals surface area contributed by atoms with E-state index in [1.54, 1.807) is 0 Å². The molecule has 2 aromatic rings. The SMILES string of the molecule is CCN(CC)CCc1ccc(NC(=O)NCCC(=O)Nc2ccccc2)cc1. The molecule has 150 valence electrons. The molecule has 2 aromatic carbocycles. The van der Waals surface area contributed by atoms with Gasteiger partial charge < -0.3 is 20.9 Å². The molecule has 0 saturated carbocycles. The predicted molar refractivity (Wildman–Crippen MR) is 115 cm³/mol. The van der Waals surface area contributed by atoms with Gasteiger partial charge in [-0.25, -0.2) is 4.79 Å². The van der Waals surface area contributed by atoms with Crippen LogP contribution in [0.15, 0.2) is 54.6 Å². The first-order chi connectivity index (χ1) is 13.6. The minimum absolute atomic E-state index is 0.135. The van der Waals surface area contributed by atoms with Crippen molar-refractivity contribution in [3.63, 3.8) is 0 Å². The molecule has 3 N–H and O–H groups in total. The number of para-hydroxylation sites is 1. The van der Waals surface area contributed by atoms with Crippen molar-refractivity contribution >= 4 is 23.3 Å². The zero-order chi connectivity index (χ0) is 20.2. The predicted octanol–water partition coefficient (Wildman–Crippen LogP) is 3.72. The third kappa shape index (κ3) is 7.80. The summed E-state index contributed by atoms with van der Waals surface area (Å²) >= 11 is 0. The molecule has 0 atom stereocenters. The second-order valence-electron chi connectivity index (χ2n) is 6.52. The number of carbonyl (C=O) groups is 2. The van der Waals surface area contributed by atoms with Crippen molar-refractivity contribution in [1.29, 1.82) is 0 Å². The molecular formula is C22H30N4O2. The van der Waals surface area contributed by atoms with Crippen molar-refractivity contribution in [3.05, 3.63) is 60.2 Å². The maximum Gasteiger partial charge on any atom is 0.319 e. The summed E-state index contributed by atoms with van der Waals surface area (Å²) in [5, 5.41) is 8.27. The molecule has 6 heteroatoms. The Bertz CT molecular complexity index is 728. The Morgan fingerprint density at radius 2 is 1.50 bits per heavy atom. The number of hydrogen-bond donors (Lipinski definition) is 3. The van der Waals surface area contributed by atoms with Gasteiger partial charge in [-0.15, -0.1) is 0 Å². The van der Waals surface area contributed by atoms with Gasteiger partial charge >= 0.3 is 6.03 Å². The zero-order valence-corrected chi connectivity index (χ0v) is 16.7. The number of benzene rings is 2. The lowest BCUT2D eigenvalue weighted by Gasteiger charge is -2.17. The molecule has 0 heterocycles. The summed E-state index contributed by atoms with van der Waals surface area (Å²) in [7, 11) is 0. The summed E-state index contributed by atoms with van der Waals surface area (Å²) in [6.07, 6.45) is 1.21. The van der Waals surface area contributed by atoms with Crippen LogP contribution in [-0.4, -0.2) is 43.0 Å². The van der Waals surface area contributed by atoms with Crippen LogP contribution in [-0.2, 0) is 11.2 Å². The Morgan fingerprint density at radius 1 is 0.857 bits per heavy atom. The third-order valence-corrected chi connectivity index (χ3v) is 4.52. The summed E-state index contributed by atoms with van der Waals surface area (Å²) in [4.78, 5) is 26.2. The third-order valence-electron chi connectivity index (χ3n) is 4.52. The first-order valence-electron chi connectivity index (χ1n) is 9.81. The molecule has 0 aliphatic carbocycles. The molecular weight excluding hydrogens is 352 g/mol. The van der Waals surface area contributed by atoms with E-state index in [4.69, 9.17) is 0 Å². The van der Waals surface area contributed by atoms with Crippen molar-refractivity contribution in [1.82, 2.24) is 10.2 Å². The molecule has 6 nitrogen and oxygen atoms in total. The Labute approximate surface area is 167 Å². The van der Waals surface area contributed by atoms with Crippen LogP contribution in [0.4, 0.5) is 16.2 Å². The fraction of sp³-hybridized carbons (Fsp3) is 0.364. The van der Waals surface area contributed by atoms with Crippen molar-refractivity contribution in [3.8, 4) is 0 Å². The average Bonchev–Trinajstić information content (AvgIpc) is 2.70. The number of amides is 3. The van der Waals surface area contributed by atoms with Gasteiger partial charge in [0.25, 0.3) is 0 Å². The molecule has 0 aliphatic heterocycles. The fourth-order valence-electron chi connectivity index (χ4n) is 2.79. The van der Waals surface area contributed by atoms with Gasteiger partial charge in [-0.05, 0) is 49.3 Å². The van der Waals surface area contributed by atoms with Crippen molar-refractivity contribution < 1.29 is 9.59 Å². The summed E-state index contributed by atoms with van der Waals surface area (Å²) in [6.45, 7) is 7.75. The lowest BCUT2D eigenvalue weighted by Crippen LogP contribution is -2.31. The summed E-state index contributed by atoms with van der Waals surface area (Å²) < 4.78 is 0. The van der Waals surface area contributed by atoms with Crippen LogP contribution in [0.2, 0.25) is 0 Å². The van der Waals surface area contributed by atoms with E-state index in [1.807, 2.05) is 54.6 Å². The Hall–Kier alpha value is -2.86. The van der Waals surface area contributed by atoms with Crippen molar-refractivity contribution in [2.75, 3.05) is 36.8 Å². The van der Waals surface area contributed by atoms with Crippen molar-refractivity contribution in [2.45, 2.75) is 26.7 Å². The van der Waals surface area contributed by atoms with Gasteiger partial charge in [-0.3, -0.25) is 4.79 Å². The second kappa shape index (κ2) is 11.8. The lowest BCUT2D eigenvalue weighted by molar-refractivity contribution is -0.116. The molecule has 0 radical (unpaired) electrons. The van der Waals surface area contributed by atoms with Gasteiger partial charge in [0.2, 0.25) is 5.91 Å². The van der Waals surface area contributed by atoms with E-state index < -0.39 is 0 Å². The Kier molecular flexibility index (Phi) is 9.01. The van der Waals surface area contributed by atoms with E-state index >= 15 is 0 Å². The summed E-state index contributed by atoms with van der Waals surface area (Å²) in [6, 6.07) is 16.8. The van der Waals surface area contributed by atoms with Crippen molar-refractivity contribution in [2.24, 2.45) is 0 Å². The monoisotopic (exact) mass is 382 g/mol. The van der Waals surface area contributed by atoms with E-state index in [2.05, 4.69) is 34.7 Å². The Balaban J connectivity index is 1.67. The van der Waals surface area contributed by atoms with Gasteiger partial charge in [0.15, 0.2) is 0 Å². The first-order valence-corrected chi connectivity index (χ1v) is 9.81. The topological polar surface area (TPSA) is 73.5 Å². The molecule has 0 saturated heterocycles. The molecule has 0 aliphatic rings. The van der Waals surface area contributed by atoms with Crippen LogP contribution < -0.4 is 16.0 Å². The quantitative estimate of drug-likeness (QED) is 0.586. The van der Waals surface area contributed by atoms with E-state index in [1.165, 1.54) is 5.56 Å². The smallest absolute Gasteiger partial charge is 0.319 e. The van der Waals surface area contributed by atoms with E-state index in [0.717, 1.165) is 37.4 Å². The molecule has 28 heavy (non-hydrogen) atoms. The standard InChI is InChI=1S/C22H30N4O2/c1-3-26(4-2)17-15-18-10-12-20(13-11-18)25-22(28)23-16-14-21(27)24-19-8-6-5-7-9-19/h5-13H,3-4,14-17H2,1-2H3,(H,24,27)(H2,23,25,28). The largest absolute Gasteiger partial charge is 0.337 e. The van der Waals surface area contributed by atoms with Crippen LogP contribution in [0.1, 0.15) is 25.8 Å². The minimum Gasteiger partial charge on any atom is -0.337 e. The van der Waals surface area contributed by atoms with Crippen LogP contribution in [0.3, 0.4) is 0 Å². The van der Waals surface area contributed by atoms with Crippen LogP contribution in [0, 0.1) is 0 Å².